The number of carbonyl (C=O) groups excluding carboxylic acids is 1. The standard InChI is InChI=1S/C7H16N2O2/c1-5-8(3)6(2)7(10)9(4)11/h6,11H,5H2,1-4H3. The van der Waals surface area contributed by atoms with Gasteiger partial charge in [-0.05, 0) is 20.5 Å². The molecule has 0 saturated carbocycles. The Kier molecular flexibility index (Phi) is 4.07. The average molecular weight is 160 g/mol. The maximum absolute atomic E-state index is 11.1. The summed E-state index contributed by atoms with van der Waals surface area (Å²) in [5.41, 5.74) is 0. The van der Waals surface area contributed by atoms with Gasteiger partial charge in [-0.25, -0.2) is 5.06 Å². The fourth-order valence-corrected chi connectivity index (χ4v) is 0.733. The Morgan fingerprint density at radius 1 is 1.55 bits per heavy atom. The minimum Gasteiger partial charge on any atom is -0.296 e. The number of rotatable bonds is 3. The molecule has 0 fully saturated rings. The van der Waals surface area contributed by atoms with Crippen molar-refractivity contribution < 1.29 is 10.0 Å². The summed E-state index contributed by atoms with van der Waals surface area (Å²) in [6.45, 7) is 4.51. The molecule has 0 aliphatic rings. The average Bonchev–Trinajstić information content (AvgIpc) is 2.00. The maximum Gasteiger partial charge on any atom is 0.262 e. The molecule has 0 saturated heterocycles. The van der Waals surface area contributed by atoms with Gasteiger partial charge in [0.05, 0.1) is 6.04 Å². The van der Waals surface area contributed by atoms with Gasteiger partial charge >= 0.3 is 0 Å². The Morgan fingerprint density at radius 3 is 2.27 bits per heavy atom. The lowest BCUT2D eigenvalue weighted by atomic mass is 10.3. The number of hydroxylamine groups is 2. The van der Waals surface area contributed by atoms with Gasteiger partial charge in [0, 0.05) is 7.05 Å². The van der Waals surface area contributed by atoms with E-state index in [0.29, 0.717) is 5.06 Å². The van der Waals surface area contributed by atoms with E-state index in [4.69, 9.17) is 5.21 Å². The Bertz CT molecular complexity index is 136. The van der Waals surface area contributed by atoms with Crippen molar-refractivity contribution in [2.24, 2.45) is 0 Å². The predicted molar refractivity (Wildman–Crippen MR) is 42.3 cm³/mol. The fourth-order valence-electron chi connectivity index (χ4n) is 0.733. The molecule has 0 radical (unpaired) electrons. The molecule has 0 aliphatic heterocycles. The first-order chi connectivity index (χ1) is 5.00. The molecule has 1 atom stereocenters. The van der Waals surface area contributed by atoms with Crippen LogP contribution >= 0.6 is 0 Å². The zero-order chi connectivity index (χ0) is 9.02. The van der Waals surface area contributed by atoms with E-state index in [2.05, 4.69) is 0 Å². The van der Waals surface area contributed by atoms with E-state index < -0.39 is 0 Å². The number of likely N-dealkylation sites (N-methyl/N-ethyl adjacent to an activating group) is 2. The number of hydrogen-bond acceptors (Lipinski definition) is 3. The lowest BCUT2D eigenvalue weighted by Crippen LogP contribution is -2.42. The third kappa shape index (κ3) is 2.86. The largest absolute Gasteiger partial charge is 0.296 e. The van der Waals surface area contributed by atoms with Gasteiger partial charge in [0.2, 0.25) is 0 Å². The van der Waals surface area contributed by atoms with Crippen LogP contribution < -0.4 is 0 Å². The molecule has 1 amide bonds. The van der Waals surface area contributed by atoms with Crippen LogP contribution in [0, 0.1) is 0 Å². The Labute approximate surface area is 67.4 Å². The van der Waals surface area contributed by atoms with Crippen molar-refractivity contribution in [1.82, 2.24) is 9.96 Å². The summed E-state index contributed by atoms with van der Waals surface area (Å²) in [6.07, 6.45) is 0. The van der Waals surface area contributed by atoms with Crippen LogP contribution in [0.25, 0.3) is 0 Å². The first-order valence-corrected chi connectivity index (χ1v) is 3.67. The van der Waals surface area contributed by atoms with Crippen LogP contribution in [-0.2, 0) is 4.79 Å². The van der Waals surface area contributed by atoms with Crippen molar-refractivity contribution in [3.05, 3.63) is 0 Å². The van der Waals surface area contributed by atoms with Gasteiger partial charge in [0.1, 0.15) is 0 Å². The van der Waals surface area contributed by atoms with E-state index in [-0.39, 0.29) is 11.9 Å². The van der Waals surface area contributed by atoms with Gasteiger partial charge in [-0.15, -0.1) is 0 Å². The van der Waals surface area contributed by atoms with Crippen molar-refractivity contribution >= 4 is 5.91 Å². The monoisotopic (exact) mass is 160 g/mol. The molecule has 0 aliphatic carbocycles. The highest BCUT2D eigenvalue weighted by atomic mass is 16.5. The summed E-state index contributed by atoms with van der Waals surface area (Å²) in [5.74, 6) is -0.283. The zero-order valence-electron chi connectivity index (χ0n) is 7.53. The molecule has 0 bridgehead atoms. The summed E-state index contributed by atoms with van der Waals surface area (Å²) >= 11 is 0. The van der Waals surface area contributed by atoms with Gasteiger partial charge in [-0.2, -0.15) is 0 Å². The molecule has 1 unspecified atom stereocenters. The SMILES string of the molecule is CCN(C)C(C)C(=O)N(C)O. The van der Waals surface area contributed by atoms with Crippen molar-refractivity contribution in [2.45, 2.75) is 19.9 Å². The van der Waals surface area contributed by atoms with Crippen molar-refractivity contribution in [3.8, 4) is 0 Å². The first-order valence-electron chi connectivity index (χ1n) is 3.67. The van der Waals surface area contributed by atoms with Gasteiger partial charge in [0.15, 0.2) is 0 Å². The first kappa shape index (κ1) is 10.4. The molecule has 1 N–H and O–H groups in total. The van der Waals surface area contributed by atoms with Crippen LogP contribution in [0.15, 0.2) is 0 Å². The van der Waals surface area contributed by atoms with Crippen molar-refractivity contribution in [2.75, 3.05) is 20.6 Å². The lowest BCUT2D eigenvalue weighted by molar-refractivity contribution is -0.164. The van der Waals surface area contributed by atoms with Crippen LogP contribution in [-0.4, -0.2) is 47.8 Å². The third-order valence-corrected chi connectivity index (χ3v) is 1.84. The maximum atomic E-state index is 11.1. The number of carbonyl (C=O) groups is 1. The quantitative estimate of drug-likeness (QED) is 0.473. The topological polar surface area (TPSA) is 43.8 Å². The highest BCUT2D eigenvalue weighted by Gasteiger charge is 2.18. The minimum absolute atomic E-state index is 0.255. The molecule has 0 heterocycles. The predicted octanol–water partition coefficient (Wildman–Crippen LogP) is 0.174. The summed E-state index contributed by atoms with van der Waals surface area (Å²) < 4.78 is 0. The summed E-state index contributed by atoms with van der Waals surface area (Å²) in [6, 6.07) is -0.255. The van der Waals surface area contributed by atoms with Crippen LogP contribution in [0.4, 0.5) is 0 Å². The Hall–Kier alpha value is -0.610. The summed E-state index contributed by atoms with van der Waals surface area (Å²) in [7, 11) is 3.18. The molecule has 0 aromatic heterocycles. The number of nitrogens with zero attached hydrogens (tertiary/aromatic N) is 2. The van der Waals surface area contributed by atoms with Crippen LogP contribution in [0.3, 0.4) is 0 Å². The highest BCUT2D eigenvalue weighted by Crippen LogP contribution is 1.97. The third-order valence-electron chi connectivity index (χ3n) is 1.84. The molecule has 0 spiro atoms. The van der Waals surface area contributed by atoms with Gasteiger partial charge in [-0.1, -0.05) is 6.92 Å². The molecule has 0 aromatic carbocycles. The van der Waals surface area contributed by atoms with Crippen LogP contribution in [0.5, 0.6) is 0 Å². The van der Waals surface area contributed by atoms with E-state index in [1.165, 1.54) is 7.05 Å². The van der Waals surface area contributed by atoms with E-state index in [9.17, 15) is 4.79 Å². The molecule has 66 valence electrons. The van der Waals surface area contributed by atoms with E-state index in [1.807, 2.05) is 18.9 Å². The summed E-state index contributed by atoms with van der Waals surface area (Å²) in [5, 5.41) is 9.41. The number of hydrogen-bond donors (Lipinski definition) is 1. The molecule has 4 nitrogen and oxygen atoms in total. The molecule has 0 aromatic rings. The van der Waals surface area contributed by atoms with Gasteiger partial charge in [-0.3, -0.25) is 14.9 Å². The molecular weight excluding hydrogens is 144 g/mol. The Balaban J connectivity index is 4.02. The zero-order valence-corrected chi connectivity index (χ0v) is 7.53. The van der Waals surface area contributed by atoms with Gasteiger partial charge < -0.3 is 0 Å². The van der Waals surface area contributed by atoms with Crippen LogP contribution in [0.2, 0.25) is 0 Å². The van der Waals surface area contributed by atoms with E-state index in [1.54, 1.807) is 6.92 Å². The van der Waals surface area contributed by atoms with E-state index in [0.717, 1.165) is 6.54 Å². The second-order valence-electron chi connectivity index (χ2n) is 2.61. The lowest BCUT2D eigenvalue weighted by Gasteiger charge is -2.23. The second kappa shape index (κ2) is 4.31. The fraction of sp³-hybridized carbons (Fsp3) is 0.857. The second-order valence-corrected chi connectivity index (χ2v) is 2.61. The molecular formula is C7H16N2O2. The van der Waals surface area contributed by atoms with E-state index >= 15 is 0 Å². The molecule has 4 heteroatoms. The molecule has 0 rings (SSSR count). The summed E-state index contributed by atoms with van der Waals surface area (Å²) in [4.78, 5) is 12.9. The van der Waals surface area contributed by atoms with Crippen molar-refractivity contribution in [1.29, 1.82) is 0 Å². The number of amides is 1. The highest BCUT2D eigenvalue weighted by molar-refractivity contribution is 5.79. The minimum atomic E-state index is -0.283. The van der Waals surface area contributed by atoms with Gasteiger partial charge in [0.25, 0.3) is 5.91 Å². The smallest absolute Gasteiger partial charge is 0.262 e. The Morgan fingerprint density at radius 2 is 2.00 bits per heavy atom. The van der Waals surface area contributed by atoms with Crippen molar-refractivity contribution in [3.63, 3.8) is 0 Å². The normalized spacial score (nSPS) is 13.3. The molecule has 11 heavy (non-hydrogen) atoms. The van der Waals surface area contributed by atoms with Crippen LogP contribution in [0.1, 0.15) is 13.8 Å².